The number of nitrogens with one attached hydrogen (secondary N) is 1. The zero-order valence-corrected chi connectivity index (χ0v) is 7.37. The van der Waals surface area contributed by atoms with E-state index in [-0.39, 0.29) is 0 Å². The van der Waals surface area contributed by atoms with Crippen LogP contribution in [0.25, 0.3) is 0 Å². The Hall–Kier alpha value is -1.46. The summed E-state index contributed by atoms with van der Waals surface area (Å²) in [5.74, 6) is 0. The van der Waals surface area contributed by atoms with Gasteiger partial charge < -0.3 is 4.98 Å². The van der Waals surface area contributed by atoms with Crippen LogP contribution in [-0.2, 0) is 6.18 Å². The summed E-state index contributed by atoms with van der Waals surface area (Å²) in [4.78, 5) is 16.0. The van der Waals surface area contributed by atoms with E-state index in [1.54, 1.807) is 0 Å². The van der Waals surface area contributed by atoms with E-state index >= 15 is 0 Å². The van der Waals surface area contributed by atoms with Crippen LogP contribution in [0.5, 0.6) is 0 Å². The number of alkyl halides is 3. The zero-order valence-electron chi connectivity index (χ0n) is 6.55. The fourth-order valence-electron chi connectivity index (χ4n) is 0.768. The molecule has 0 bridgehead atoms. The molecule has 14 heavy (non-hydrogen) atoms. The quantitative estimate of drug-likeness (QED) is 0.582. The summed E-state index contributed by atoms with van der Waals surface area (Å²) in [6.45, 7) is 0. The van der Waals surface area contributed by atoms with Gasteiger partial charge in [0, 0.05) is 6.20 Å². The van der Waals surface area contributed by atoms with Crippen LogP contribution < -0.4 is 5.56 Å². The van der Waals surface area contributed by atoms with Crippen molar-refractivity contribution in [1.29, 1.82) is 0 Å². The number of thiocarbonyl (C=S) groups is 1. The Kier molecular flexibility index (Phi) is 2.83. The number of nitrogens with zero attached hydrogens (tertiary/aromatic N) is 1. The average Bonchev–Trinajstić information content (AvgIpc) is 2.07. The molecule has 0 atom stereocenters. The maximum atomic E-state index is 12.1. The zero-order chi connectivity index (χ0) is 10.8. The summed E-state index contributed by atoms with van der Waals surface area (Å²) >= 11 is 4.18. The van der Waals surface area contributed by atoms with Gasteiger partial charge in [-0.2, -0.15) is 18.2 Å². The Morgan fingerprint density at radius 3 is 2.64 bits per heavy atom. The minimum Gasteiger partial charge on any atom is -0.327 e. The van der Waals surface area contributed by atoms with Crippen LogP contribution in [0.4, 0.5) is 18.9 Å². The molecule has 1 heterocycles. The molecular weight excluding hydrogens is 217 g/mol. The molecule has 0 aliphatic carbocycles. The van der Waals surface area contributed by atoms with Crippen molar-refractivity contribution in [2.24, 2.45) is 4.99 Å². The van der Waals surface area contributed by atoms with Crippen molar-refractivity contribution in [2.75, 3.05) is 0 Å². The molecule has 0 fully saturated rings. The molecule has 1 aromatic heterocycles. The summed E-state index contributed by atoms with van der Waals surface area (Å²) in [6, 6.07) is 0.609. The van der Waals surface area contributed by atoms with Crippen molar-refractivity contribution >= 4 is 23.1 Å². The van der Waals surface area contributed by atoms with Crippen LogP contribution in [0.3, 0.4) is 0 Å². The molecule has 0 radical (unpaired) electrons. The third-order valence-electron chi connectivity index (χ3n) is 1.38. The number of hydrogen-bond donors (Lipinski definition) is 1. The molecule has 0 aliphatic rings. The molecule has 0 saturated heterocycles. The van der Waals surface area contributed by atoms with E-state index in [1.165, 1.54) is 0 Å². The highest BCUT2D eigenvalue weighted by Crippen LogP contribution is 2.29. The first-order valence-corrected chi connectivity index (χ1v) is 3.74. The smallest absolute Gasteiger partial charge is 0.327 e. The Balaban J connectivity index is 3.33. The van der Waals surface area contributed by atoms with Gasteiger partial charge in [-0.3, -0.25) is 4.79 Å². The highest BCUT2D eigenvalue weighted by molar-refractivity contribution is 7.78. The summed E-state index contributed by atoms with van der Waals surface area (Å²) < 4.78 is 36.4. The van der Waals surface area contributed by atoms with E-state index in [4.69, 9.17) is 0 Å². The number of halogens is 3. The number of hydrogen-bond acceptors (Lipinski definition) is 3. The standard InChI is InChI=1S/C7H3F3N2OS/c8-7(9,10)4-1-5(12-3-14)6(13)11-2-4/h1-2H,(H,11,13). The van der Waals surface area contributed by atoms with E-state index in [0.717, 1.165) is 0 Å². The van der Waals surface area contributed by atoms with Crippen LogP contribution in [0, 0.1) is 0 Å². The SMILES string of the molecule is O=c1[nH]cc(C(F)(F)F)cc1N=C=S. The lowest BCUT2D eigenvalue weighted by molar-refractivity contribution is -0.137. The van der Waals surface area contributed by atoms with Crippen molar-refractivity contribution in [3.8, 4) is 0 Å². The van der Waals surface area contributed by atoms with Gasteiger partial charge in [0.1, 0.15) is 5.69 Å². The highest BCUT2D eigenvalue weighted by atomic mass is 32.1. The van der Waals surface area contributed by atoms with Gasteiger partial charge in [-0.25, -0.2) is 0 Å². The van der Waals surface area contributed by atoms with Crippen molar-refractivity contribution in [2.45, 2.75) is 6.18 Å². The summed E-state index contributed by atoms with van der Waals surface area (Å²) in [5.41, 5.74) is -2.13. The Morgan fingerprint density at radius 2 is 2.14 bits per heavy atom. The molecular formula is C7H3F3N2OS. The fraction of sp³-hybridized carbons (Fsp3) is 0.143. The maximum absolute atomic E-state index is 12.1. The van der Waals surface area contributed by atoms with Gasteiger partial charge in [0.2, 0.25) is 0 Å². The Morgan fingerprint density at radius 1 is 1.50 bits per heavy atom. The largest absolute Gasteiger partial charge is 0.417 e. The molecule has 1 rings (SSSR count). The van der Waals surface area contributed by atoms with Gasteiger partial charge in [0.25, 0.3) is 5.56 Å². The minimum absolute atomic E-state index is 0.408. The average molecular weight is 220 g/mol. The van der Waals surface area contributed by atoms with Gasteiger partial charge in [-0.1, -0.05) is 0 Å². The maximum Gasteiger partial charge on any atom is 0.417 e. The van der Waals surface area contributed by atoms with Crippen LogP contribution in [0.2, 0.25) is 0 Å². The Bertz CT molecular complexity index is 445. The first-order chi connectivity index (χ1) is 6.45. The molecule has 0 aliphatic heterocycles. The topological polar surface area (TPSA) is 45.2 Å². The third kappa shape index (κ3) is 2.27. The van der Waals surface area contributed by atoms with Crippen molar-refractivity contribution in [3.05, 3.63) is 28.2 Å². The first kappa shape index (κ1) is 10.6. The number of pyridine rings is 1. The van der Waals surface area contributed by atoms with E-state index in [1.807, 2.05) is 10.1 Å². The lowest BCUT2D eigenvalue weighted by Gasteiger charge is -2.05. The molecule has 0 spiro atoms. The van der Waals surface area contributed by atoms with E-state index in [2.05, 4.69) is 17.2 Å². The lowest BCUT2D eigenvalue weighted by Crippen LogP contribution is -2.11. The van der Waals surface area contributed by atoms with Crippen molar-refractivity contribution in [3.63, 3.8) is 0 Å². The molecule has 0 saturated carbocycles. The van der Waals surface area contributed by atoms with E-state index < -0.39 is 23.0 Å². The predicted octanol–water partition coefficient (Wildman–Crippen LogP) is 2.13. The molecule has 74 valence electrons. The summed E-state index contributed by atoms with van der Waals surface area (Å²) in [7, 11) is 0. The second kappa shape index (κ2) is 3.73. The second-order valence-corrected chi connectivity index (χ2v) is 2.49. The van der Waals surface area contributed by atoms with Gasteiger partial charge in [0.05, 0.1) is 10.7 Å². The molecule has 7 heteroatoms. The van der Waals surface area contributed by atoms with Gasteiger partial charge in [-0.05, 0) is 18.3 Å². The Labute approximate surface area is 81.3 Å². The normalized spacial score (nSPS) is 10.8. The number of aromatic nitrogens is 1. The molecule has 1 aromatic rings. The number of H-pyrrole nitrogens is 1. The number of isothiocyanates is 1. The van der Waals surface area contributed by atoms with Crippen LogP contribution >= 0.6 is 12.2 Å². The number of rotatable bonds is 1. The van der Waals surface area contributed by atoms with Crippen LogP contribution in [0.15, 0.2) is 22.1 Å². The fourth-order valence-corrected chi connectivity index (χ4v) is 0.866. The predicted molar refractivity (Wildman–Crippen MR) is 46.8 cm³/mol. The van der Waals surface area contributed by atoms with E-state index in [0.29, 0.717) is 12.3 Å². The molecule has 1 N–H and O–H groups in total. The summed E-state index contributed by atoms with van der Waals surface area (Å²) in [5, 5.41) is 1.82. The highest BCUT2D eigenvalue weighted by Gasteiger charge is 2.31. The number of aliphatic imine (C=N–C) groups is 1. The molecule has 0 aromatic carbocycles. The summed E-state index contributed by atoms with van der Waals surface area (Å²) in [6.07, 6.45) is -3.94. The molecule has 0 amide bonds. The van der Waals surface area contributed by atoms with Gasteiger partial charge >= 0.3 is 6.18 Å². The van der Waals surface area contributed by atoms with Crippen molar-refractivity contribution < 1.29 is 13.2 Å². The van der Waals surface area contributed by atoms with Crippen LogP contribution in [0.1, 0.15) is 5.56 Å². The van der Waals surface area contributed by atoms with Gasteiger partial charge in [-0.15, -0.1) is 0 Å². The lowest BCUT2D eigenvalue weighted by atomic mass is 10.2. The first-order valence-electron chi connectivity index (χ1n) is 3.33. The minimum atomic E-state index is -4.52. The number of aromatic amines is 1. The van der Waals surface area contributed by atoms with Crippen molar-refractivity contribution in [1.82, 2.24) is 4.98 Å². The monoisotopic (exact) mass is 220 g/mol. The third-order valence-corrected chi connectivity index (χ3v) is 1.47. The second-order valence-electron chi connectivity index (χ2n) is 2.30. The van der Waals surface area contributed by atoms with Gasteiger partial charge in [0.15, 0.2) is 0 Å². The molecule has 3 nitrogen and oxygen atoms in total. The molecule has 0 unspecified atom stereocenters. The van der Waals surface area contributed by atoms with E-state index in [9.17, 15) is 18.0 Å². The van der Waals surface area contributed by atoms with Crippen LogP contribution in [-0.4, -0.2) is 10.1 Å².